The summed E-state index contributed by atoms with van der Waals surface area (Å²) >= 11 is 0. The van der Waals surface area contributed by atoms with Gasteiger partial charge in [0.25, 0.3) is 0 Å². The maximum atomic E-state index is 11.6. The van der Waals surface area contributed by atoms with E-state index in [1.165, 1.54) is 0 Å². The molecule has 0 fully saturated rings. The molecule has 21 heavy (non-hydrogen) atoms. The minimum absolute atomic E-state index is 0.0500. The Morgan fingerprint density at radius 3 is 2.38 bits per heavy atom. The molecule has 0 aromatic carbocycles. The van der Waals surface area contributed by atoms with Gasteiger partial charge >= 0.3 is 6.09 Å². The highest BCUT2D eigenvalue weighted by Crippen LogP contribution is 2.10. The van der Waals surface area contributed by atoms with Crippen LogP contribution < -0.4 is 10.6 Å². The molecular weight excluding hydrogens is 272 g/mol. The molecule has 1 atom stereocenters. The van der Waals surface area contributed by atoms with E-state index in [4.69, 9.17) is 14.6 Å². The molecule has 0 aliphatic carbocycles. The molecule has 0 aromatic rings. The van der Waals surface area contributed by atoms with Crippen LogP contribution in [0.4, 0.5) is 4.79 Å². The second-order valence-electron chi connectivity index (χ2n) is 6.43. The molecule has 0 heterocycles. The van der Waals surface area contributed by atoms with Gasteiger partial charge in [-0.25, -0.2) is 4.79 Å². The number of aliphatic hydroxyl groups excluding tert-OH is 1. The van der Waals surface area contributed by atoms with Crippen molar-refractivity contribution in [3.8, 4) is 0 Å². The van der Waals surface area contributed by atoms with E-state index in [-0.39, 0.29) is 12.7 Å². The van der Waals surface area contributed by atoms with Gasteiger partial charge in [-0.05, 0) is 39.2 Å². The van der Waals surface area contributed by atoms with Crippen LogP contribution in [-0.2, 0) is 9.47 Å². The fraction of sp³-hybridized carbons (Fsp3) is 0.933. The molecule has 0 spiro atoms. The fourth-order valence-electron chi connectivity index (χ4n) is 1.67. The number of carbonyl (C=O) groups is 1. The lowest BCUT2D eigenvalue weighted by Gasteiger charge is -2.24. The number of hydrogen-bond acceptors (Lipinski definition) is 5. The second-order valence-corrected chi connectivity index (χ2v) is 6.43. The molecule has 1 amide bonds. The number of rotatable bonds is 10. The molecule has 0 aromatic heterocycles. The maximum Gasteiger partial charge on any atom is 0.407 e. The van der Waals surface area contributed by atoms with Crippen molar-refractivity contribution in [2.24, 2.45) is 11.8 Å². The van der Waals surface area contributed by atoms with Gasteiger partial charge in [0.2, 0.25) is 0 Å². The highest BCUT2D eigenvalue weighted by atomic mass is 16.6. The molecule has 3 N–H and O–H groups in total. The molecule has 0 aliphatic heterocycles. The number of carbonyl (C=O) groups excluding carboxylic acids is 1. The molecule has 0 saturated heterocycles. The molecule has 0 radical (unpaired) electrons. The van der Waals surface area contributed by atoms with Crippen LogP contribution >= 0.6 is 0 Å². The van der Waals surface area contributed by atoms with E-state index in [9.17, 15) is 4.79 Å². The summed E-state index contributed by atoms with van der Waals surface area (Å²) in [5, 5.41) is 14.7. The third-order valence-electron chi connectivity index (χ3n) is 2.92. The topological polar surface area (TPSA) is 79.8 Å². The Morgan fingerprint density at radius 1 is 1.19 bits per heavy atom. The highest BCUT2D eigenvalue weighted by Gasteiger charge is 2.18. The Morgan fingerprint density at radius 2 is 1.86 bits per heavy atom. The van der Waals surface area contributed by atoms with Crippen LogP contribution in [0.5, 0.6) is 0 Å². The van der Waals surface area contributed by atoms with Crippen molar-refractivity contribution in [1.29, 1.82) is 0 Å². The third-order valence-corrected chi connectivity index (χ3v) is 2.92. The summed E-state index contributed by atoms with van der Waals surface area (Å²) in [4.78, 5) is 11.6. The van der Waals surface area contributed by atoms with Crippen molar-refractivity contribution in [2.45, 2.75) is 40.2 Å². The number of aliphatic hydroxyl groups is 1. The minimum atomic E-state index is -0.473. The first kappa shape index (κ1) is 20.1. The van der Waals surface area contributed by atoms with E-state index < -0.39 is 5.60 Å². The average Bonchev–Trinajstić information content (AvgIpc) is 2.34. The Bertz CT molecular complexity index is 277. The maximum absolute atomic E-state index is 11.6. The summed E-state index contributed by atoms with van der Waals surface area (Å²) in [5.41, 5.74) is -0.473. The minimum Gasteiger partial charge on any atom is -0.444 e. The summed E-state index contributed by atoms with van der Waals surface area (Å²) in [7, 11) is 0. The summed E-state index contributed by atoms with van der Waals surface area (Å²) in [6.45, 7) is 12.9. The van der Waals surface area contributed by atoms with Gasteiger partial charge in [-0.1, -0.05) is 13.8 Å². The quantitative estimate of drug-likeness (QED) is 0.531. The zero-order valence-electron chi connectivity index (χ0n) is 14.1. The standard InChI is InChI=1S/C15H32N2O4/c1-12(2)13(10-16-6-8-20-9-7-18)11-17-14(19)21-15(3,4)5/h12-13,16,18H,6-11H2,1-5H3,(H,17,19). The van der Waals surface area contributed by atoms with Gasteiger partial charge in [-0.2, -0.15) is 0 Å². The number of nitrogens with one attached hydrogen (secondary N) is 2. The number of amides is 1. The first-order chi connectivity index (χ1) is 9.76. The van der Waals surface area contributed by atoms with Gasteiger partial charge in [0.1, 0.15) is 5.60 Å². The lowest BCUT2D eigenvalue weighted by molar-refractivity contribution is 0.0514. The Kier molecular flexibility index (Phi) is 10.4. The molecule has 0 bridgehead atoms. The van der Waals surface area contributed by atoms with Crippen molar-refractivity contribution in [1.82, 2.24) is 10.6 Å². The van der Waals surface area contributed by atoms with Crippen LogP contribution in [0.2, 0.25) is 0 Å². The number of hydrogen-bond donors (Lipinski definition) is 3. The Labute approximate surface area is 128 Å². The van der Waals surface area contributed by atoms with Crippen molar-refractivity contribution in [3.05, 3.63) is 0 Å². The van der Waals surface area contributed by atoms with Crippen molar-refractivity contribution < 1.29 is 19.4 Å². The zero-order chi connectivity index (χ0) is 16.3. The van der Waals surface area contributed by atoms with Crippen molar-refractivity contribution in [2.75, 3.05) is 39.5 Å². The molecule has 126 valence electrons. The summed E-state index contributed by atoms with van der Waals surface area (Å²) < 4.78 is 10.4. The number of alkyl carbamates (subject to hydrolysis) is 1. The van der Waals surface area contributed by atoms with Crippen LogP contribution in [0.3, 0.4) is 0 Å². The van der Waals surface area contributed by atoms with Gasteiger partial charge < -0.3 is 25.2 Å². The smallest absolute Gasteiger partial charge is 0.407 e. The predicted octanol–water partition coefficient (Wildman–Crippen LogP) is 1.38. The van der Waals surface area contributed by atoms with Gasteiger partial charge in [-0.3, -0.25) is 0 Å². The molecule has 0 aliphatic rings. The fourth-order valence-corrected chi connectivity index (χ4v) is 1.67. The average molecular weight is 304 g/mol. The predicted molar refractivity (Wildman–Crippen MR) is 83.3 cm³/mol. The van der Waals surface area contributed by atoms with E-state index in [0.29, 0.717) is 31.6 Å². The molecule has 1 unspecified atom stereocenters. The summed E-state index contributed by atoms with van der Waals surface area (Å²) in [5.74, 6) is 0.779. The van der Waals surface area contributed by atoms with Gasteiger partial charge in [-0.15, -0.1) is 0 Å². The van der Waals surface area contributed by atoms with E-state index in [1.807, 2.05) is 20.8 Å². The van der Waals surface area contributed by atoms with Gasteiger partial charge in [0.05, 0.1) is 19.8 Å². The molecule has 6 nitrogen and oxygen atoms in total. The Balaban J connectivity index is 3.89. The van der Waals surface area contributed by atoms with E-state index >= 15 is 0 Å². The SMILES string of the molecule is CC(C)C(CNCCOCCO)CNC(=O)OC(C)(C)C. The van der Waals surface area contributed by atoms with Crippen LogP contribution in [-0.4, -0.2) is 56.3 Å². The highest BCUT2D eigenvalue weighted by molar-refractivity contribution is 5.67. The first-order valence-corrected chi connectivity index (χ1v) is 7.62. The number of ether oxygens (including phenoxy) is 2. The van der Waals surface area contributed by atoms with E-state index in [2.05, 4.69) is 24.5 Å². The van der Waals surface area contributed by atoms with E-state index in [1.54, 1.807) is 0 Å². The Hall–Kier alpha value is -0.850. The van der Waals surface area contributed by atoms with Gasteiger partial charge in [0, 0.05) is 13.1 Å². The van der Waals surface area contributed by atoms with Crippen LogP contribution in [0, 0.1) is 11.8 Å². The first-order valence-electron chi connectivity index (χ1n) is 7.62. The summed E-state index contributed by atoms with van der Waals surface area (Å²) in [6, 6.07) is 0. The molecule has 0 saturated carbocycles. The van der Waals surface area contributed by atoms with Crippen molar-refractivity contribution >= 4 is 6.09 Å². The molecular formula is C15H32N2O4. The lowest BCUT2D eigenvalue weighted by Crippen LogP contribution is -2.40. The van der Waals surface area contributed by atoms with E-state index in [0.717, 1.165) is 13.1 Å². The normalized spacial score (nSPS) is 13.3. The zero-order valence-corrected chi connectivity index (χ0v) is 14.1. The second kappa shape index (κ2) is 10.8. The monoisotopic (exact) mass is 304 g/mol. The van der Waals surface area contributed by atoms with Crippen LogP contribution in [0.1, 0.15) is 34.6 Å². The molecule has 6 heteroatoms. The summed E-state index contributed by atoms with van der Waals surface area (Å²) in [6.07, 6.45) is -0.376. The lowest BCUT2D eigenvalue weighted by atomic mass is 9.96. The largest absolute Gasteiger partial charge is 0.444 e. The van der Waals surface area contributed by atoms with Crippen LogP contribution in [0.15, 0.2) is 0 Å². The van der Waals surface area contributed by atoms with Crippen LogP contribution in [0.25, 0.3) is 0 Å². The third kappa shape index (κ3) is 12.6. The van der Waals surface area contributed by atoms with Crippen molar-refractivity contribution in [3.63, 3.8) is 0 Å². The molecule has 0 rings (SSSR count). The van der Waals surface area contributed by atoms with Gasteiger partial charge in [0.15, 0.2) is 0 Å².